The van der Waals surface area contributed by atoms with Gasteiger partial charge in [-0.3, -0.25) is 4.79 Å². The van der Waals surface area contributed by atoms with Crippen LogP contribution in [0.3, 0.4) is 0 Å². The fourth-order valence-corrected chi connectivity index (χ4v) is 2.78. The maximum atomic E-state index is 12.1. The Labute approximate surface area is 127 Å². The lowest BCUT2D eigenvalue weighted by Crippen LogP contribution is -2.39. The average Bonchev–Trinajstić information content (AvgIpc) is 2.50. The van der Waals surface area contributed by atoms with Crippen molar-refractivity contribution in [1.82, 2.24) is 15.2 Å². The van der Waals surface area contributed by atoms with Crippen LogP contribution in [0.2, 0.25) is 0 Å². The summed E-state index contributed by atoms with van der Waals surface area (Å²) in [6, 6.07) is 4.26. The van der Waals surface area contributed by atoms with Gasteiger partial charge in [0.05, 0.1) is 5.56 Å². The average molecular weight is 290 g/mol. The molecule has 0 aliphatic carbocycles. The van der Waals surface area contributed by atoms with E-state index < -0.39 is 0 Å². The van der Waals surface area contributed by atoms with Crippen LogP contribution in [0.1, 0.15) is 43.0 Å². The summed E-state index contributed by atoms with van der Waals surface area (Å²) in [5.74, 6) is 0.766. The number of nitrogens with one attached hydrogen (secondary N) is 2. The predicted molar refractivity (Wildman–Crippen MR) is 85.6 cm³/mol. The second-order valence-corrected chi connectivity index (χ2v) is 5.64. The van der Waals surface area contributed by atoms with E-state index in [4.69, 9.17) is 0 Å². The Balaban J connectivity index is 1.76. The van der Waals surface area contributed by atoms with E-state index in [1.165, 1.54) is 25.8 Å². The number of amides is 1. The summed E-state index contributed by atoms with van der Waals surface area (Å²) in [6.45, 7) is 4.75. The Bertz CT molecular complexity index is 446. The molecule has 5 heteroatoms. The van der Waals surface area contributed by atoms with Gasteiger partial charge in [0.25, 0.3) is 5.91 Å². The van der Waals surface area contributed by atoms with E-state index in [1.54, 1.807) is 6.20 Å². The fourth-order valence-electron chi connectivity index (χ4n) is 2.78. The Morgan fingerprint density at radius 2 is 2.29 bits per heavy atom. The maximum absolute atomic E-state index is 12.1. The number of pyridine rings is 1. The summed E-state index contributed by atoms with van der Waals surface area (Å²) in [7, 11) is 2.18. The van der Waals surface area contributed by atoms with Crippen LogP contribution in [-0.2, 0) is 0 Å². The minimum absolute atomic E-state index is 0.0380. The van der Waals surface area contributed by atoms with Crippen molar-refractivity contribution in [3.8, 4) is 0 Å². The number of hydrogen-bond acceptors (Lipinski definition) is 4. The quantitative estimate of drug-likeness (QED) is 0.842. The van der Waals surface area contributed by atoms with Crippen LogP contribution in [0.15, 0.2) is 18.3 Å². The van der Waals surface area contributed by atoms with Crippen LogP contribution in [0.4, 0.5) is 5.82 Å². The van der Waals surface area contributed by atoms with Crippen molar-refractivity contribution in [2.75, 3.05) is 32.0 Å². The van der Waals surface area contributed by atoms with E-state index in [0.29, 0.717) is 11.6 Å². The van der Waals surface area contributed by atoms with E-state index in [1.807, 2.05) is 19.1 Å². The lowest BCUT2D eigenvalue weighted by atomic mass is 10.0. The van der Waals surface area contributed by atoms with Gasteiger partial charge < -0.3 is 15.5 Å². The summed E-state index contributed by atoms with van der Waals surface area (Å²) >= 11 is 0. The van der Waals surface area contributed by atoms with E-state index in [0.717, 1.165) is 25.3 Å². The molecule has 0 saturated carbocycles. The molecule has 2 heterocycles. The van der Waals surface area contributed by atoms with Crippen LogP contribution in [-0.4, -0.2) is 48.5 Å². The number of hydrogen-bond donors (Lipinski definition) is 2. The summed E-state index contributed by atoms with van der Waals surface area (Å²) in [4.78, 5) is 18.7. The summed E-state index contributed by atoms with van der Waals surface area (Å²) in [5, 5.41) is 6.11. The van der Waals surface area contributed by atoms with Gasteiger partial charge in [-0.05, 0) is 51.9 Å². The monoisotopic (exact) mass is 290 g/mol. The van der Waals surface area contributed by atoms with Crippen molar-refractivity contribution in [2.24, 2.45) is 0 Å². The Morgan fingerprint density at radius 1 is 1.43 bits per heavy atom. The molecule has 5 nitrogen and oxygen atoms in total. The largest absolute Gasteiger partial charge is 0.370 e. The van der Waals surface area contributed by atoms with Gasteiger partial charge in [0.2, 0.25) is 0 Å². The van der Waals surface area contributed by atoms with Crippen molar-refractivity contribution < 1.29 is 4.79 Å². The summed E-state index contributed by atoms with van der Waals surface area (Å²) in [5.41, 5.74) is 0.619. The zero-order valence-corrected chi connectivity index (χ0v) is 13.1. The van der Waals surface area contributed by atoms with Gasteiger partial charge in [0.15, 0.2) is 0 Å². The van der Waals surface area contributed by atoms with Gasteiger partial charge in [-0.1, -0.05) is 6.42 Å². The molecule has 21 heavy (non-hydrogen) atoms. The molecule has 116 valence electrons. The van der Waals surface area contributed by atoms with Crippen LogP contribution < -0.4 is 10.6 Å². The van der Waals surface area contributed by atoms with Crippen molar-refractivity contribution in [3.63, 3.8) is 0 Å². The molecule has 1 saturated heterocycles. The van der Waals surface area contributed by atoms with Crippen LogP contribution >= 0.6 is 0 Å². The minimum Gasteiger partial charge on any atom is -0.370 e. The molecular weight excluding hydrogens is 264 g/mol. The zero-order valence-electron chi connectivity index (χ0n) is 13.1. The van der Waals surface area contributed by atoms with Crippen LogP contribution in [0.5, 0.6) is 0 Å². The highest BCUT2D eigenvalue weighted by Crippen LogP contribution is 2.17. The SMILES string of the molecule is CCNc1ccc(C(=O)NCC[C@H]2CCCCN2C)cn1. The van der Waals surface area contributed by atoms with Gasteiger partial charge in [0, 0.05) is 25.3 Å². The molecule has 1 aromatic rings. The second kappa shape index (κ2) is 7.98. The number of likely N-dealkylation sites (tertiary alicyclic amines) is 1. The first kappa shape index (κ1) is 15.8. The van der Waals surface area contributed by atoms with Gasteiger partial charge >= 0.3 is 0 Å². The Kier molecular flexibility index (Phi) is 5.99. The molecular formula is C16H26N4O. The van der Waals surface area contributed by atoms with Crippen molar-refractivity contribution in [2.45, 2.75) is 38.6 Å². The highest BCUT2D eigenvalue weighted by molar-refractivity contribution is 5.94. The lowest BCUT2D eigenvalue weighted by molar-refractivity contribution is 0.0945. The number of carbonyl (C=O) groups is 1. The molecule has 1 aliphatic rings. The molecule has 0 bridgehead atoms. The van der Waals surface area contributed by atoms with Gasteiger partial charge in [-0.25, -0.2) is 4.98 Å². The normalized spacial score (nSPS) is 19.2. The number of piperidine rings is 1. The van der Waals surface area contributed by atoms with Crippen LogP contribution in [0, 0.1) is 0 Å². The fraction of sp³-hybridized carbons (Fsp3) is 0.625. The molecule has 1 amide bonds. The smallest absolute Gasteiger partial charge is 0.252 e. The molecule has 1 atom stereocenters. The topological polar surface area (TPSA) is 57.3 Å². The first-order chi connectivity index (χ1) is 10.2. The van der Waals surface area contributed by atoms with Gasteiger partial charge in [-0.2, -0.15) is 0 Å². The van der Waals surface area contributed by atoms with E-state index in [-0.39, 0.29) is 5.91 Å². The third-order valence-electron chi connectivity index (χ3n) is 4.07. The molecule has 1 aromatic heterocycles. The zero-order chi connectivity index (χ0) is 15.1. The molecule has 0 unspecified atom stereocenters. The van der Waals surface area contributed by atoms with Crippen molar-refractivity contribution in [1.29, 1.82) is 0 Å². The minimum atomic E-state index is -0.0380. The van der Waals surface area contributed by atoms with Gasteiger partial charge in [0.1, 0.15) is 5.82 Å². The Morgan fingerprint density at radius 3 is 2.95 bits per heavy atom. The maximum Gasteiger partial charge on any atom is 0.252 e. The number of rotatable bonds is 6. The van der Waals surface area contributed by atoms with Crippen molar-refractivity contribution in [3.05, 3.63) is 23.9 Å². The highest BCUT2D eigenvalue weighted by atomic mass is 16.1. The molecule has 0 aromatic carbocycles. The number of nitrogens with zero attached hydrogens (tertiary/aromatic N) is 2. The molecule has 0 radical (unpaired) electrons. The van der Waals surface area contributed by atoms with E-state index in [9.17, 15) is 4.79 Å². The molecule has 2 N–H and O–H groups in total. The highest BCUT2D eigenvalue weighted by Gasteiger charge is 2.18. The summed E-state index contributed by atoms with van der Waals surface area (Å²) in [6.07, 6.45) is 6.48. The summed E-state index contributed by atoms with van der Waals surface area (Å²) < 4.78 is 0. The second-order valence-electron chi connectivity index (χ2n) is 5.64. The van der Waals surface area contributed by atoms with Crippen molar-refractivity contribution >= 4 is 11.7 Å². The third-order valence-corrected chi connectivity index (χ3v) is 4.07. The van der Waals surface area contributed by atoms with E-state index in [2.05, 4.69) is 27.6 Å². The van der Waals surface area contributed by atoms with E-state index >= 15 is 0 Å². The van der Waals surface area contributed by atoms with Gasteiger partial charge in [-0.15, -0.1) is 0 Å². The molecule has 1 aliphatic heterocycles. The Hall–Kier alpha value is -1.62. The lowest BCUT2D eigenvalue weighted by Gasteiger charge is -2.32. The first-order valence-corrected chi connectivity index (χ1v) is 7.89. The first-order valence-electron chi connectivity index (χ1n) is 7.89. The standard InChI is InChI=1S/C16H26N4O/c1-3-17-15-8-7-13(12-19-15)16(21)18-10-9-14-6-4-5-11-20(14)2/h7-8,12,14H,3-6,9-11H2,1-2H3,(H,17,19)(H,18,21)/t14-/m1/s1. The number of anilines is 1. The molecule has 1 fully saturated rings. The molecule has 2 rings (SSSR count). The van der Waals surface area contributed by atoms with Crippen LogP contribution in [0.25, 0.3) is 0 Å². The number of aromatic nitrogens is 1. The molecule has 0 spiro atoms. The number of carbonyl (C=O) groups excluding carboxylic acids is 1. The third kappa shape index (κ3) is 4.70. The predicted octanol–water partition coefficient (Wildman–Crippen LogP) is 2.12.